The second kappa shape index (κ2) is 5.40. The first-order chi connectivity index (χ1) is 9.33. The van der Waals surface area contributed by atoms with E-state index in [4.69, 9.17) is 0 Å². The average Bonchev–Trinajstić information content (AvgIpc) is 2.67. The number of amides is 1. The summed E-state index contributed by atoms with van der Waals surface area (Å²) in [6, 6.07) is 7.73. The van der Waals surface area contributed by atoms with Crippen molar-refractivity contribution in [3.63, 3.8) is 0 Å². The summed E-state index contributed by atoms with van der Waals surface area (Å²) >= 11 is 0. The standard InChI is InChI=1S/C13H14F4N2O/c1-8-11(20)19(7-13(16,17)12(14)15)10(18-8)9-5-3-2-4-6-9/h2-6,8,10,12,18H,7H2,1H3. The molecule has 2 rings (SSSR count). The van der Waals surface area contributed by atoms with Crippen LogP contribution in [-0.4, -0.2) is 35.7 Å². The zero-order valence-electron chi connectivity index (χ0n) is 10.7. The zero-order valence-corrected chi connectivity index (χ0v) is 10.7. The van der Waals surface area contributed by atoms with Crippen LogP contribution in [0.3, 0.4) is 0 Å². The molecule has 0 bridgehead atoms. The Kier molecular flexibility index (Phi) is 3.99. The van der Waals surface area contributed by atoms with Crippen molar-refractivity contribution in [3.8, 4) is 0 Å². The summed E-state index contributed by atoms with van der Waals surface area (Å²) in [6.07, 6.45) is -4.62. The van der Waals surface area contributed by atoms with Crippen molar-refractivity contribution in [1.82, 2.24) is 10.2 Å². The Morgan fingerprint density at radius 3 is 2.45 bits per heavy atom. The van der Waals surface area contributed by atoms with Crippen LogP contribution in [0.25, 0.3) is 0 Å². The number of hydrogen-bond donors (Lipinski definition) is 1. The summed E-state index contributed by atoms with van der Waals surface area (Å²) in [6.45, 7) is 0.208. The van der Waals surface area contributed by atoms with Crippen LogP contribution < -0.4 is 5.32 Å². The van der Waals surface area contributed by atoms with E-state index in [9.17, 15) is 22.4 Å². The fourth-order valence-corrected chi connectivity index (χ4v) is 2.15. The third-order valence-electron chi connectivity index (χ3n) is 3.19. The van der Waals surface area contributed by atoms with Crippen molar-refractivity contribution in [1.29, 1.82) is 0 Å². The number of benzene rings is 1. The van der Waals surface area contributed by atoms with Gasteiger partial charge in [-0.05, 0) is 12.5 Å². The van der Waals surface area contributed by atoms with E-state index in [0.29, 0.717) is 5.56 Å². The molecule has 1 aliphatic heterocycles. The van der Waals surface area contributed by atoms with Gasteiger partial charge in [-0.2, -0.15) is 8.78 Å². The molecule has 1 heterocycles. The van der Waals surface area contributed by atoms with Crippen molar-refractivity contribution in [3.05, 3.63) is 35.9 Å². The third-order valence-corrected chi connectivity index (χ3v) is 3.19. The topological polar surface area (TPSA) is 32.3 Å². The zero-order chi connectivity index (χ0) is 14.9. The van der Waals surface area contributed by atoms with E-state index in [1.807, 2.05) is 0 Å². The molecular formula is C13H14F4N2O. The van der Waals surface area contributed by atoms with Gasteiger partial charge in [0.05, 0.1) is 12.6 Å². The third kappa shape index (κ3) is 2.77. The van der Waals surface area contributed by atoms with Crippen LogP contribution in [-0.2, 0) is 4.79 Å². The van der Waals surface area contributed by atoms with Gasteiger partial charge in [-0.15, -0.1) is 0 Å². The molecule has 1 aliphatic rings. The van der Waals surface area contributed by atoms with Gasteiger partial charge >= 0.3 is 12.3 Å². The molecule has 0 spiro atoms. The average molecular weight is 290 g/mol. The first-order valence-corrected chi connectivity index (χ1v) is 6.10. The highest BCUT2D eigenvalue weighted by molar-refractivity contribution is 5.84. The van der Waals surface area contributed by atoms with E-state index in [1.54, 1.807) is 30.3 Å². The monoisotopic (exact) mass is 290 g/mol. The molecule has 0 aliphatic carbocycles. The largest absolute Gasteiger partial charge is 0.324 e. The highest BCUT2D eigenvalue weighted by atomic mass is 19.3. The van der Waals surface area contributed by atoms with E-state index in [-0.39, 0.29) is 0 Å². The van der Waals surface area contributed by atoms with Crippen LogP contribution in [0.4, 0.5) is 17.6 Å². The lowest BCUT2D eigenvalue weighted by molar-refractivity contribution is -0.157. The molecule has 0 saturated carbocycles. The minimum Gasteiger partial charge on any atom is -0.315 e. The number of nitrogens with one attached hydrogen (secondary N) is 1. The second-order valence-corrected chi connectivity index (χ2v) is 4.73. The molecule has 7 heteroatoms. The van der Waals surface area contributed by atoms with E-state index in [0.717, 1.165) is 4.90 Å². The second-order valence-electron chi connectivity index (χ2n) is 4.73. The molecular weight excluding hydrogens is 276 g/mol. The lowest BCUT2D eigenvalue weighted by Crippen LogP contribution is -2.44. The highest BCUT2D eigenvalue weighted by Gasteiger charge is 2.48. The first kappa shape index (κ1) is 14.8. The number of hydrogen-bond acceptors (Lipinski definition) is 2. The van der Waals surface area contributed by atoms with Crippen molar-refractivity contribution >= 4 is 5.91 Å². The summed E-state index contributed by atoms with van der Waals surface area (Å²) in [7, 11) is 0. The smallest absolute Gasteiger partial charge is 0.315 e. The van der Waals surface area contributed by atoms with Gasteiger partial charge in [-0.1, -0.05) is 30.3 Å². The number of carbonyl (C=O) groups is 1. The van der Waals surface area contributed by atoms with Gasteiger partial charge in [0.15, 0.2) is 0 Å². The summed E-state index contributed by atoms with van der Waals surface area (Å²) in [5.41, 5.74) is 0.579. The van der Waals surface area contributed by atoms with Crippen LogP contribution in [0.15, 0.2) is 30.3 Å². The number of halogens is 4. The first-order valence-electron chi connectivity index (χ1n) is 6.10. The molecule has 2 atom stereocenters. The molecule has 110 valence electrons. The molecule has 1 aromatic carbocycles. The molecule has 2 unspecified atom stereocenters. The van der Waals surface area contributed by atoms with Gasteiger partial charge in [0.2, 0.25) is 5.91 Å². The maximum Gasteiger partial charge on any atom is 0.324 e. The van der Waals surface area contributed by atoms with Crippen LogP contribution >= 0.6 is 0 Å². The van der Waals surface area contributed by atoms with Crippen molar-refractivity contribution < 1.29 is 22.4 Å². The molecule has 1 N–H and O–H groups in total. The maximum absolute atomic E-state index is 13.2. The molecule has 0 aromatic heterocycles. The molecule has 1 fully saturated rings. The van der Waals surface area contributed by atoms with Gasteiger partial charge in [0.25, 0.3) is 0 Å². The Labute approximate surface area is 113 Å². The Bertz CT molecular complexity index is 481. The van der Waals surface area contributed by atoms with Gasteiger partial charge in [0.1, 0.15) is 6.17 Å². The SMILES string of the molecule is CC1NC(c2ccccc2)N(CC(F)(F)C(F)F)C1=O. The van der Waals surface area contributed by atoms with Gasteiger partial charge in [0, 0.05) is 0 Å². The molecule has 1 saturated heterocycles. The Morgan fingerprint density at radius 2 is 1.90 bits per heavy atom. The fraction of sp³-hybridized carbons (Fsp3) is 0.462. The molecule has 20 heavy (non-hydrogen) atoms. The fourth-order valence-electron chi connectivity index (χ4n) is 2.15. The van der Waals surface area contributed by atoms with Crippen molar-refractivity contribution in [2.75, 3.05) is 6.54 Å². The Hall–Kier alpha value is -1.63. The van der Waals surface area contributed by atoms with Crippen LogP contribution in [0.1, 0.15) is 18.7 Å². The minimum absolute atomic E-state index is 0.579. The Morgan fingerprint density at radius 1 is 1.30 bits per heavy atom. The van der Waals surface area contributed by atoms with E-state index in [2.05, 4.69) is 5.32 Å². The predicted molar refractivity (Wildman–Crippen MR) is 64.4 cm³/mol. The molecule has 1 aromatic rings. The van der Waals surface area contributed by atoms with Crippen molar-refractivity contribution in [2.24, 2.45) is 0 Å². The van der Waals surface area contributed by atoms with E-state index in [1.165, 1.54) is 6.92 Å². The summed E-state index contributed by atoms with van der Waals surface area (Å²) in [5.74, 6) is -4.84. The lowest BCUT2D eigenvalue weighted by Gasteiger charge is -2.28. The van der Waals surface area contributed by atoms with E-state index >= 15 is 0 Å². The van der Waals surface area contributed by atoms with Crippen LogP contribution in [0.2, 0.25) is 0 Å². The minimum atomic E-state index is -4.23. The predicted octanol–water partition coefficient (Wildman–Crippen LogP) is 2.41. The number of alkyl halides is 4. The van der Waals surface area contributed by atoms with Crippen LogP contribution in [0, 0.1) is 0 Å². The van der Waals surface area contributed by atoms with Crippen molar-refractivity contribution in [2.45, 2.75) is 31.5 Å². The molecule has 3 nitrogen and oxygen atoms in total. The normalized spacial score (nSPS) is 23.7. The van der Waals surface area contributed by atoms with E-state index < -0.39 is 37.0 Å². The summed E-state index contributed by atoms with van der Waals surface area (Å²) in [5, 5.41) is 2.83. The molecule has 1 amide bonds. The maximum atomic E-state index is 13.2. The summed E-state index contributed by atoms with van der Waals surface area (Å²) in [4.78, 5) is 12.6. The van der Waals surface area contributed by atoms with Crippen LogP contribution in [0.5, 0.6) is 0 Å². The van der Waals surface area contributed by atoms with Gasteiger partial charge in [-0.3, -0.25) is 10.1 Å². The Balaban J connectivity index is 2.25. The molecule has 0 radical (unpaired) electrons. The highest BCUT2D eigenvalue weighted by Crippen LogP contribution is 2.31. The van der Waals surface area contributed by atoms with Gasteiger partial charge in [-0.25, -0.2) is 8.78 Å². The lowest BCUT2D eigenvalue weighted by atomic mass is 10.1. The number of carbonyl (C=O) groups excluding carboxylic acids is 1. The summed E-state index contributed by atoms with van der Waals surface area (Å²) < 4.78 is 51.1. The van der Waals surface area contributed by atoms with Gasteiger partial charge < -0.3 is 4.90 Å². The quantitative estimate of drug-likeness (QED) is 0.864. The number of rotatable bonds is 4. The number of nitrogens with zero attached hydrogens (tertiary/aromatic N) is 1.